The van der Waals surface area contributed by atoms with Crippen molar-refractivity contribution in [3.8, 4) is 0 Å². The van der Waals surface area contributed by atoms with Gasteiger partial charge in [-0.05, 0) is 38.4 Å². The number of benzene rings is 1. The first-order valence-corrected chi connectivity index (χ1v) is 5.48. The van der Waals surface area contributed by atoms with E-state index >= 15 is 0 Å². The average molecular weight is 253 g/mol. The van der Waals surface area contributed by atoms with Gasteiger partial charge in [-0.2, -0.15) is 0 Å². The number of carbonyl (C=O) groups excluding carboxylic acids is 2. The number of carbonyl (C=O) groups is 2. The lowest BCUT2D eigenvalue weighted by molar-refractivity contribution is -0.136. The van der Waals surface area contributed by atoms with Gasteiger partial charge in [0.05, 0.1) is 0 Å². The van der Waals surface area contributed by atoms with Crippen LogP contribution in [0.4, 0.5) is 10.1 Å². The Balaban J connectivity index is 2.40. The monoisotopic (exact) mass is 253 g/mol. The van der Waals surface area contributed by atoms with Gasteiger partial charge in [0, 0.05) is 18.8 Å². The molecule has 0 radical (unpaired) electrons. The maximum absolute atomic E-state index is 12.6. The molecule has 2 N–H and O–H groups in total. The van der Waals surface area contributed by atoms with Crippen LogP contribution in [0.25, 0.3) is 0 Å². The third kappa shape index (κ3) is 4.92. The van der Waals surface area contributed by atoms with E-state index in [4.69, 9.17) is 0 Å². The topological polar surface area (TPSA) is 61.4 Å². The molecule has 0 spiro atoms. The van der Waals surface area contributed by atoms with E-state index in [0.29, 0.717) is 18.8 Å². The molecule has 0 bridgehead atoms. The summed E-state index contributed by atoms with van der Waals surface area (Å²) >= 11 is 0. The minimum Gasteiger partial charge on any atom is -0.347 e. The van der Waals surface area contributed by atoms with Gasteiger partial charge in [0.25, 0.3) is 0 Å². The molecule has 0 aliphatic carbocycles. The summed E-state index contributed by atoms with van der Waals surface area (Å²) in [6.07, 6.45) is 0. The molecular formula is C12H16FN3O2. The van der Waals surface area contributed by atoms with Crippen LogP contribution in [-0.2, 0) is 9.59 Å². The number of hydrogen-bond donors (Lipinski definition) is 2. The van der Waals surface area contributed by atoms with Gasteiger partial charge in [-0.3, -0.25) is 9.59 Å². The highest BCUT2D eigenvalue weighted by Gasteiger charge is 2.12. The molecule has 0 aliphatic rings. The summed E-state index contributed by atoms with van der Waals surface area (Å²) in [4.78, 5) is 24.7. The second kappa shape index (κ2) is 6.70. The van der Waals surface area contributed by atoms with Crippen LogP contribution >= 0.6 is 0 Å². The minimum atomic E-state index is -0.764. The van der Waals surface area contributed by atoms with Crippen LogP contribution in [0.3, 0.4) is 0 Å². The normalized spacial score (nSPS) is 10.2. The van der Waals surface area contributed by atoms with Crippen molar-refractivity contribution < 1.29 is 14.0 Å². The first kappa shape index (κ1) is 14.1. The van der Waals surface area contributed by atoms with E-state index in [2.05, 4.69) is 10.6 Å². The maximum atomic E-state index is 12.6. The molecule has 0 fully saturated rings. The molecule has 2 amide bonds. The van der Waals surface area contributed by atoms with Crippen LogP contribution in [0.5, 0.6) is 0 Å². The molecule has 98 valence electrons. The highest BCUT2D eigenvalue weighted by molar-refractivity contribution is 6.39. The van der Waals surface area contributed by atoms with E-state index in [9.17, 15) is 14.0 Å². The van der Waals surface area contributed by atoms with Crippen molar-refractivity contribution in [2.24, 2.45) is 0 Å². The minimum absolute atomic E-state index is 0.379. The fraction of sp³-hybridized carbons (Fsp3) is 0.333. The van der Waals surface area contributed by atoms with Crippen LogP contribution < -0.4 is 10.6 Å². The summed E-state index contributed by atoms with van der Waals surface area (Å²) in [5.41, 5.74) is 0.379. The average Bonchev–Trinajstić information content (AvgIpc) is 2.31. The molecule has 0 saturated heterocycles. The third-order valence-corrected chi connectivity index (χ3v) is 2.15. The summed E-state index contributed by atoms with van der Waals surface area (Å²) in [6, 6.07) is 5.19. The van der Waals surface area contributed by atoms with E-state index in [0.717, 1.165) is 0 Å². The van der Waals surface area contributed by atoms with Gasteiger partial charge in [-0.15, -0.1) is 0 Å². The molecule has 0 aromatic heterocycles. The number of nitrogens with zero attached hydrogens (tertiary/aromatic N) is 1. The standard InChI is InChI=1S/C12H16FN3O2/c1-16(2)8-7-14-11(17)12(18)15-10-5-3-9(13)4-6-10/h3-6H,7-8H2,1-2H3,(H,14,17)(H,15,18). The molecular weight excluding hydrogens is 237 g/mol. The predicted octanol–water partition coefficient (Wildman–Crippen LogP) is 0.442. The second-order valence-corrected chi connectivity index (χ2v) is 4.02. The lowest BCUT2D eigenvalue weighted by Gasteiger charge is -2.10. The van der Waals surface area contributed by atoms with Crippen LogP contribution in [-0.4, -0.2) is 43.9 Å². The number of hydrogen-bond acceptors (Lipinski definition) is 3. The first-order chi connectivity index (χ1) is 8.49. The van der Waals surface area contributed by atoms with Gasteiger partial charge in [-0.25, -0.2) is 4.39 Å². The number of halogens is 1. The van der Waals surface area contributed by atoms with Crippen LogP contribution in [0.15, 0.2) is 24.3 Å². The Morgan fingerprint density at radius 2 is 1.78 bits per heavy atom. The SMILES string of the molecule is CN(C)CCNC(=O)C(=O)Nc1ccc(F)cc1. The number of anilines is 1. The van der Waals surface area contributed by atoms with E-state index < -0.39 is 17.6 Å². The Morgan fingerprint density at radius 3 is 2.33 bits per heavy atom. The van der Waals surface area contributed by atoms with Gasteiger partial charge >= 0.3 is 11.8 Å². The highest BCUT2D eigenvalue weighted by atomic mass is 19.1. The summed E-state index contributed by atoms with van der Waals surface area (Å²) in [5.74, 6) is -1.87. The van der Waals surface area contributed by atoms with Crippen molar-refractivity contribution in [2.75, 3.05) is 32.5 Å². The number of rotatable bonds is 4. The quantitative estimate of drug-likeness (QED) is 0.766. The van der Waals surface area contributed by atoms with Crippen molar-refractivity contribution in [1.82, 2.24) is 10.2 Å². The molecule has 18 heavy (non-hydrogen) atoms. The zero-order chi connectivity index (χ0) is 13.5. The van der Waals surface area contributed by atoms with E-state index in [1.54, 1.807) is 0 Å². The number of likely N-dealkylation sites (N-methyl/N-ethyl adjacent to an activating group) is 1. The zero-order valence-corrected chi connectivity index (χ0v) is 10.4. The van der Waals surface area contributed by atoms with Crippen molar-refractivity contribution >= 4 is 17.5 Å². The van der Waals surface area contributed by atoms with Gasteiger partial charge in [-0.1, -0.05) is 0 Å². The van der Waals surface area contributed by atoms with Gasteiger partial charge < -0.3 is 15.5 Å². The van der Waals surface area contributed by atoms with Crippen LogP contribution in [0.1, 0.15) is 0 Å². The van der Waals surface area contributed by atoms with E-state index in [1.807, 2.05) is 19.0 Å². The summed E-state index contributed by atoms with van der Waals surface area (Å²) in [5, 5.41) is 4.85. The Labute approximate surface area is 105 Å². The molecule has 0 atom stereocenters. The molecule has 0 saturated carbocycles. The fourth-order valence-corrected chi connectivity index (χ4v) is 1.19. The van der Waals surface area contributed by atoms with Crippen molar-refractivity contribution in [1.29, 1.82) is 0 Å². The molecule has 6 heteroatoms. The van der Waals surface area contributed by atoms with Crippen molar-refractivity contribution in [3.05, 3.63) is 30.1 Å². The lowest BCUT2D eigenvalue weighted by Crippen LogP contribution is -2.38. The van der Waals surface area contributed by atoms with Crippen molar-refractivity contribution in [2.45, 2.75) is 0 Å². The molecule has 0 aliphatic heterocycles. The summed E-state index contributed by atoms with van der Waals surface area (Å²) in [6.45, 7) is 1.04. The first-order valence-electron chi connectivity index (χ1n) is 5.48. The Bertz CT molecular complexity index is 418. The van der Waals surface area contributed by atoms with Gasteiger partial charge in [0.1, 0.15) is 5.82 Å². The summed E-state index contributed by atoms with van der Waals surface area (Å²) < 4.78 is 12.6. The molecule has 1 aromatic rings. The molecule has 1 aromatic carbocycles. The van der Waals surface area contributed by atoms with Crippen molar-refractivity contribution in [3.63, 3.8) is 0 Å². The Morgan fingerprint density at radius 1 is 1.17 bits per heavy atom. The third-order valence-electron chi connectivity index (χ3n) is 2.15. The maximum Gasteiger partial charge on any atom is 0.313 e. The lowest BCUT2D eigenvalue weighted by atomic mass is 10.3. The number of amides is 2. The molecule has 5 nitrogen and oxygen atoms in total. The van der Waals surface area contributed by atoms with Crippen LogP contribution in [0, 0.1) is 5.82 Å². The fourth-order valence-electron chi connectivity index (χ4n) is 1.19. The summed E-state index contributed by atoms with van der Waals surface area (Å²) in [7, 11) is 3.73. The molecule has 0 unspecified atom stereocenters. The van der Waals surface area contributed by atoms with Gasteiger partial charge in [0.2, 0.25) is 0 Å². The highest BCUT2D eigenvalue weighted by Crippen LogP contribution is 2.07. The zero-order valence-electron chi connectivity index (χ0n) is 10.4. The predicted molar refractivity (Wildman–Crippen MR) is 66.6 cm³/mol. The Hall–Kier alpha value is -1.95. The number of nitrogens with one attached hydrogen (secondary N) is 2. The molecule has 0 heterocycles. The van der Waals surface area contributed by atoms with E-state index in [1.165, 1.54) is 24.3 Å². The smallest absolute Gasteiger partial charge is 0.313 e. The molecule has 1 rings (SSSR count). The van der Waals surface area contributed by atoms with Gasteiger partial charge in [0.15, 0.2) is 0 Å². The largest absolute Gasteiger partial charge is 0.347 e. The second-order valence-electron chi connectivity index (χ2n) is 4.02. The Kier molecular flexibility index (Phi) is 5.26. The van der Waals surface area contributed by atoms with E-state index in [-0.39, 0.29) is 0 Å². The van der Waals surface area contributed by atoms with Crippen LogP contribution in [0.2, 0.25) is 0 Å².